The third-order valence-electron chi connectivity index (χ3n) is 3.18. The highest BCUT2D eigenvalue weighted by Gasteiger charge is 2.13. The molecule has 100 valence electrons. The van der Waals surface area contributed by atoms with E-state index in [0.717, 1.165) is 11.4 Å². The van der Waals surface area contributed by atoms with E-state index in [2.05, 4.69) is 56.7 Å². The fraction of sp³-hybridized carbons (Fsp3) is 0.600. The van der Waals surface area contributed by atoms with Gasteiger partial charge >= 0.3 is 0 Å². The maximum Gasteiger partial charge on any atom is 0.0771 e. The molecule has 18 heavy (non-hydrogen) atoms. The Balaban J connectivity index is 2.57. The molecule has 1 heterocycles. The Morgan fingerprint density at radius 2 is 2.06 bits per heavy atom. The minimum Gasteiger partial charge on any atom is -0.395 e. The molecule has 0 saturated carbocycles. The first-order valence-corrected chi connectivity index (χ1v) is 7.25. The van der Waals surface area contributed by atoms with Crippen molar-refractivity contribution in [3.05, 3.63) is 21.9 Å². The molecule has 1 rings (SSSR count). The fourth-order valence-corrected chi connectivity index (χ4v) is 2.58. The largest absolute Gasteiger partial charge is 0.395 e. The van der Waals surface area contributed by atoms with E-state index in [1.165, 1.54) is 4.88 Å². The van der Waals surface area contributed by atoms with Gasteiger partial charge in [0.15, 0.2) is 0 Å². The van der Waals surface area contributed by atoms with E-state index in [9.17, 15) is 0 Å². The quantitative estimate of drug-likeness (QED) is 0.827. The standard InChI is InChI=1S/C15H23NOS/c1-12(2)13(3)16(4)11-15-9-8-14(18-15)7-5-6-10-17/h8-9,12-13,17H,6,10-11H2,1-4H3. The summed E-state index contributed by atoms with van der Waals surface area (Å²) in [6.45, 7) is 7.88. The Morgan fingerprint density at radius 3 is 2.67 bits per heavy atom. The van der Waals surface area contributed by atoms with Crippen LogP contribution in [0.15, 0.2) is 12.1 Å². The molecule has 0 saturated heterocycles. The van der Waals surface area contributed by atoms with Gasteiger partial charge in [-0.1, -0.05) is 25.7 Å². The molecule has 0 aliphatic rings. The molecule has 0 spiro atoms. The van der Waals surface area contributed by atoms with Crippen molar-refractivity contribution in [1.82, 2.24) is 4.90 Å². The molecule has 1 unspecified atom stereocenters. The molecule has 0 radical (unpaired) electrons. The average Bonchev–Trinajstić information content (AvgIpc) is 2.76. The van der Waals surface area contributed by atoms with Crippen LogP contribution in [0.3, 0.4) is 0 Å². The van der Waals surface area contributed by atoms with Gasteiger partial charge in [-0.15, -0.1) is 11.3 Å². The molecule has 0 amide bonds. The average molecular weight is 265 g/mol. The minimum absolute atomic E-state index is 0.139. The third-order valence-corrected chi connectivity index (χ3v) is 4.16. The number of hydrogen-bond acceptors (Lipinski definition) is 3. The zero-order chi connectivity index (χ0) is 13.5. The number of aliphatic hydroxyl groups excluding tert-OH is 1. The number of nitrogens with zero attached hydrogens (tertiary/aromatic N) is 1. The summed E-state index contributed by atoms with van der Waals surface area (Å²) in [4.78, 5) is 4.81. The van der Waals surface area contributed by atoms with Crippen LogP contribution >= 0.6 is 11.3 Å². The van der Waals surface area contributed by atoms with Gasteiger partial charge in [0, 0.05) is 23.9 Å². The van der Waals surface area contributed by atoms with Gasteiger partial charge in [-0.3, -0.25) is 4.90 Å². The van der Waals surface area contributed by atoms with Crippen molar-refractivity contribution in [2.24, 2.45) is 5.92 Å². The fourth-order valence-electron chi connectivity index (χ4n) is 1.63. The molecule has 1 N–H and O–H groups in total. The van der Waals surface area contributed by atoms with Crippen molar-refractivity contribution in [3.63, 3.8) is 0 Å². The molecule has 3 heteroatoms. The summed E-state index contributed by atoms with van der Waals surface area (Å²) in [6.07, 6.45) is 0.553. The smallest absolute Gasteiger partial charge is 0.0771 e. The normalized spacial score (nSPS) is 12.6. The minimum atomic E-state index is 0.139. The van der Waals surface area contributed by atoms with Gasteiger partial charge in [0.2, 0.25) is 0 Å². The number of aliphatic hydroxyl groups is 1. The lowest BCUT2D eigenvalue weighted by atomic mass is 10.1. The van der Waals surface area contributed by atoms with E-state index in [4.69, 9.17) is 5.11 Å². The highest BCUT2D eigenvalue weighted by Crippen LogP contribution is 2.19. The van der Waals surface area contributed by atoms with Crippen molar-refractivity contribution >= 4 is 11.3 Å². The lowest BCUT2D eigenvalue weighted by Crippen LogP contribution is -2.32. The first-order chi connectivity index (χ1) is 8.54. The van der Waals surface area contributed by atoms with E-state index in [-0.39, 0.29) is 6.61 Å². The summed E-state index contributed by atoms with van der Waals surface area (Å²) >= 11 is 1.74. The SMILES string of the molecule is CC(C)C(C)N(C)Cc1ccc(C#CCCO)s1. The van der Waals surface area contributed by atoms with Crippen LogP contribution in [0.2, 0.25) is 0 Å². The third kappa shape index (κ3) is 4.81. The predicted octanol–water partition coefficient (Wildman–Crippen LogP) is 2.96. The number of rotatable bonds is 5. The highest BCUT2D eigenvalue weighted by molar-refractivity contribution is 7.12. The topological polar surface area (TPSA) is 23.5 Å². The zero-order valence-corrected chi connectivity index (χ0v) is 12.5. The summed E-state index contributed by atoms with van der Waals surface area (Å²) in [5.74, 6) is 6.70. The van der Waals surface area contributed by atoms with Crippen molar-refractivity contribution in [1.29, 1.82) is 0 Å². The summed E-state index contributed by atoms with van der Waals surface area (Å²) in [6, 6.07) is 4.80. The zero-order valence-electron chi connectivity index (χ0n) is 11.7. The Morgan fingerprint density at radius 1 is 1.33 bits per heavy atom. The van der Waals surface area contributed by atoms with Gasteiger partial charge in [-0.2, -0.15) is 0 Å². The second-order valence-electron chi connectivity index (χ2n) is 4.94. The van der Waals surface area contributed by atoms with Gasteiger partial charge < -0.3 is 5.11 Å². The molecule has 0 aliphatic heterocycles. The van der Waals surface area contributed by atoms with Gasteiger partial charge in [-0.05, 0) is 32.0 Å². The molecule has 0 fully saturated rings. The molecule has 0 aromatic carbocycles. The maximum absolute atomic E-state index is 8.68. The predicted molar refractivity (Wildman–Crippen MR) is 78.7 cm³/mol. The van der Waals surface area contributed by atoms with E-state index in [0.29, 0.717) is 18.4 Å². The summed E-state index contributed by atoms with van der Waals surface area (Å²) in [7, 11) is 2.17. The van der Waals surface area contributed by atoms with Crippen molar-refractivity contribution in [2.75, 3.05) is 13.7 Å². The van der Waals surface area contributed by atoms with Gasteiger partial charge in [0.25, 0.3) is 0 Å². The van der Waals surface area contributed by atoms with Crippen molar-refractivity contribution < 1.29 is 5.11 Å². The second kappa shape index (κ2) is 7.58. The van der Waals surface area contributed by atoms with E-state index in [1.54, 1.807) is 11.3 Å². The maximum atomic E-state index is 8.68. The molecule has 1 aromatic rings. The lowest BCUT2D eigenvalue weighted by Gasteiger charge is -2.27. The molecule has 1 atom stereocenters. The van der Waals surface area contributed by atoms with E-state index in [1.807, 2.05) is 0 Å². The monoisotopic (exact) mass is 265 g/mol. The Labute approximate surface area is 115 Å². The van der Waals surface area contributed by atoms with Crippen LogP contribution in [0.1, 0.15) is 36.9 Å². The first kappa shape index (κ1) is 15.2. The van der Waals surface area contributed by atoms with Crippen LogP contribution in [0.4, 0.5) is 0 Å². The lowest BCUT2D eigenvalue weighted by molar-refractivity contribution is 0.202. The molecule has 1 aromatic heterocycles. The van der Waals surface area contributed by atoms with Crippen LogP contribution in [-0.4, -0.2) is 29.7 Å². The highest BCUT2D eigenvalue weighted by atomic mass is 32.1. The van der Waals surface area contributed by atoms with Crippen molar-refractivity contribution in [2.45, 2.75) is 39.8 Å². The second-order valence-corrected chi connectivity index (χ2v) is 6.11. The van der Waals surface area contributed by atoms with Crippen LogP contribution < -0.4 is 0 Å². The Hall–Kier alpha value is -0.820. The van der Waals surface area contributed by atoms with Gasteiger partial charge in [-0.25, -0.2) is 0 Å². The summed E-state index contributed by atoms with van der Waals surface area (Å²) in [5.41, 5.74) is 0. The van der Waals surface area contributed by atoms with Crippen molar-refractivity contribution in [3.8, 4) is 11.8 Å². The van der Waals surface area contributed by atoms with E-state index >= 15 is 0 Å². The van der Waals surface area contributed by atoms with Crippen LogP contribution in [0.5, 0.6) is 0 Å². The molecule has 2 nitrogen and oxygen atoms in total. The van der Waals surface area contributed by atoms with Gasteiger partial charge in [0.1, 0.15) is 0 Å². The van der Waals surface area contributed by atoms with Crippen LogP contribution in [-0.2, 0) is 6.54 Å². The molecule has 0 bridgehead atoms. The summed E-state index contributed by atoms with van der Waals surface area (Å²) in [5, 5.41) is 8.68. The summed E-state index contributed by atoms with van der Waals surface area (Å²) < 4.78 is 0. The molecule has 0 aliphatic carbocycles. The Bertz CT molecular complexity index is 414. The van der Waals surface area contributed by atoms with E-state index < -0.39 is 0 Å². The van der Waals surface area contributed by atoms with Gasteiger partial charge in [0.05, 0.1) is 11.5 Å². The molecular weight excluding hydrogens is 242 g/mol. The first-order valence-electron chi connectivity index (χ1n) is 6.43. The number of hydrogen-bond donors (Lipinski definition) is 1. The molecular formula is C15H23NOS. The number of thiophene rings is 1. The Kier molecular flexibility index (Phi) is 6.42. The van der Waals surface area contributed by atoms with Crippen LogP contribution in [0, 0.1) is 17.8 Å². The van der Waals surface area contributed by atoms with Crippen LogP contribution in [0.25, 0.3) is 0 Å².